The van der Waals surface area contributed by atoms with Crippen LogP contribution in [0.4, 0.5) is 0 Å². The van der Waals surface area contributed by atoms with Gasteiger partial charge in [-0.3, -0.25) is 0 Å². The Kier molecular flexibility index (Phi) is 4.42. The molecule has 0 N–H and O–H groups in total. The van der Waals surface area contributed by atoms with Crippen molar-refractivity contribution in [1.82, 2.24) is 0 Å². The van der Waals surface area contributed by atoms with Crippen molar-refractivity contribution in [2.45, 2.75) is 0 Å². The van der Waals surface area contributed by atoms with E-state index in [9.17, 15) is 0 Å². The van der Waals surface area contributed by atoms with Crippen molar-refractivity contribution < 1.29 is 4.74 Å². The average Bonchev–Trinajstić information content (AvgIpc) is 2.15. The van der Waals surface area contributed by atoms with Crippen molar-refractivity contribution >= 4 is 22.6 Å². The van der Waals surface area contributed by atoms with E-state index in [1.54, 1.807) is 0 Å². The van der Waals surface area contributed by atoms with Gasteiger partial charge in [0.1, 0.15) is 5.75 Å². The van der Waals surface area contributed by atoms with E-state index in [0.717, 1.165) is 9.32 Å². The quantitative estimate of drug-likeness (QED) is 0.276. The molecule has 0 atom stereocenters. The fourth-order valence-electron chi connectivity index (χ4n) is 0.803. The van der Waals surface area contributed by atoms with E-state index in [1.165, 1.54) is 0 Å². The van der Waals surface area contributed by atoms with Gasteiger partial charge in [-0.2, -0.15) is 0 Å². The Morgan fingerprint density at radius 3 is 2.92 bits per heavy atom. The van der Waals surface area contributed by atoms with Crippen LogP contribution < -0.4 is 4.74 Å². The topological polar surface area (TPSA) is 58.0 Å². The first-order valence-corrected chi connectivity index (χ1v) is 4.80. The van der Waals surface area contributed by atoms with E-state index in [2.05, 4.69) is 32.6 Å². The van der Waals surface area contributed by atoms with E-state index in [-0.39, 0.29) is 0 Å². The van der Waals surface area contributed by atoms with E-state index in [1.807, 2.05) is 24.3 Å². The summed E-state index contributed by atoms with van der Waals surface area (Å²) in [6, 6.07) is 7.70. The minimum atomic E-state index is 0.363. The number of halogens is 1. The summed E-state index contributed by atoms with van der Waals surface area (Å²) in [6.45, 7) is 0.783. The molecular formula is C8H8IN3O. The molecule has 1 aromatic carbocycles. The van der Waals surface area contributed by atoms with Gasteiger partial charge in [-0.15, -0.1) is 0 Å². The van der Waals surface area contributed by atoms with Gasteiger partial charge in [-0.05, 0) is 40.3 Å². The first kappa shape index (κ1) is 10.1. The number of nitrogens with zero attached hydrogens (tertiary/aromatic N) is 3. The third-order valence-corrected chi connectivity index (χ3v) is 2.24. The zero-order chi connectivity index (χ0) is 9.52. The number of azide groups is 1. The Hall–Kier alpha value is -0.940. The highest BCUT2D eigenvalue weighted by Gasteiger charge is 1.96. The Morgan fingerprint density at radius 2 is 2.23 bits per heavy atom. The number of hydrogen-bond acceptors (Lipinski definition) is 2. The molecule has 68 valence electrons. The lowest BCUT2D eigenvalue weighted by Gasteiger charge is -2.05. The van der Waals surface area contributed by atoms with Gasteiger partial charge in [0.2, 0.25) is 0 Å². The molecule has 0 heterocycles. The fourth-order valence-corrected chi connectivity index (χ4v) is 1.35. The maximum absolute atomic E-state index is 8.02. The molecule has 0 radical (unpaired) electrons. The molecule has 0 aliphatic rings. The number of ether oxygens (including phenoxy) is 1. The SMILES string of the molecule is [N-]=[N+]=NCCOc1ccccc1I. The number of para-hydroxylation sites is 1. The molecule has 0 unspecified atom stereocenters. The lowest BCUT2D eigenvalue weighted by atomic mass is 10.3. The van der Waals surface area contributed by atoms with Crippen LogP contribution in [-0.4, -0.2) is 13.2 Å². The smallest absolute Gasteiger partial charge is 0.132 e. The summed E-state index contributed by atoms with van der Waals surface area (Å²) >= 11 is 2.19. The van der Waals surface area contributed by atoms with Gasteiger partial charge in [0.25, 0.3) is 0 Å². The van der Waals surface area contributed by atoms with Crippen molar-refractivity contribution in [2.24, 2.45) is 5.11 Å². The fraction of sp³-hybridized carbons (Fsp3) is 0.250. The predicted octanol–water partition coefficient (Wildman–Crippen LogP) is 2.98. The zero-order valence-corrected chi connectivity index (χ0v) is 9.01. The van der Waals surface area contributed by atoms with Gasteiger partial charge in [-0.25, -0.2) is 0 Å². The van der Waals surface area contributed by atoms with Crippen LogP contribution in [0.3, 0.4) is 0 Å². The van der Waals surface area contributed by atoms with Crippen LogP contribution in [0.2, 0.25) is 0 Å². The van der Waals surface area contributed by atoms with E-state index >= 15 is 0 Å². The summed E-state index contributed by atoms with van der Waals surface area (Å²) in [4.78, 5) is 2.63. The molecule has 0 saturated heterocycles. The van der Waals surface area contributed by atoms with Gasteiger partial charge in [0.15, 0.2) is 0 Å². The lowest BCUT2D eigenvalue weighted by molar-refractivity contribution is 0.326. The highest BCUT2D eigenvalue weighted by molar-refractivity contribution is 14.1. The lowest BCUT2D eigenvalue weighted by Crippen LogP contribution is -2.01. The Balaban J connectivity index is 2.45. The second-order valence-corrected chi connectivity index (χ2v) is 3.40. The third-order valence-electron chi connectivity index (χ3n) is 1.35. The van der Waals surface area contributed by atoms with Gasteiger partial charge in [0.05, 0.1) is 16.7 Å². The van der Waals surface area contributed by atoms with Crippen molar-refractivity contribution in [3.05, 3.63) is 38.3 Å². The van der Waals surface area contributed by atoms with Crippen LogP contribution in [0.15, 0.2) is 29.4 Å². The van der Waals surface area contributed by atoms with Crippen molar-refractivity contribution in [1.29, 1.82) is 0 Å². The minimum absolute atomic E-state index is 0.363. The van der Waals surface area contributed by atoms with E-state index in [0.29, 0.717) is 13.2 Å². The molecule has 1 rings (SSSR count). The largest absolute Gasteiger partial charge is 0.492 e. The van der Waals surface area contributed by atoms with Crippen LogP contribution in [0, 0.1) is 3.57 Å². The Bertz CT molecular complexity index is 323. The first-order chi connectivity index (χ1) is 6.34. The average molecular weight is 289 g/mol. The maximum Gasteiger partial charge on any atom is 0.132 e. The number of rotatable bonds is 4. The first-order valence-electron chi connectivity index (χ1n) is 3.73. The molecular weight excluding hydrogens is 281 g/mol. The van der Waals surface area contributed by atoms with Crippen molar-refractivity contribution in [3.8, 4) is 5.75 Å². The molecule has 4 nitrogen and oxygen atoms in total. The molecule has 0 amide bonds. The monoisotopic (exact) mass is 289 g/mol. The molecule has 0 spiro atoms. The van der Waals surface area contributed by atoms with Crippen LogP contribution >= 0.6 is 22.6 Å². The van der Waals surface area contributed by atoms with E-state index in [4.69, 9.17) is 10.3 Å². The number of benzene rings is 1. The van der Waals surface area contributed by atoms with Gasteiger partial charge in [-0.1, -0.05) is 17.2 Å². The molecule has 0 aromatic heterocycles. The van der Waals surface area contributed by atoms with Crippen molar-refractivity contribution in [2.75, 3.05) is 13.2 Å². The Labute approximate surface area is 89.7 Å². The summed E-state index contributed by atoms with van der Waals surface area (Å²) in [6.07, 6.45) is 0. The Morgan fingerprint density at radius 1 is 1.46 bits per heavy atom. The van der Waals surface area contributed by atoms with Crippen molar-refractivity contribution in [3.63, 3.8) is 0 Å². The van der Waals surface area contributed by atoms with Gasteiger partial charge < -0.3 is 4.74 Å². The summed E-state index contributed by atoms with van der Waals surface area (Å²) in [5, 5.41) is 3.37. The highest BCUT2D eigenvalue weighted by atomic mass is 127. The predicted molar refractivity (Wildman–Crippen MR) is 58.7 cm³/mol. The summed E-state index contributed by atoms with van der Waals surface area (Å²) in [7, 11) is 0. The maximum atomic E-state index is 8.02. The normalized spacial score (nSPS) is 9.00. The molecule has 1 aromatic rings. The summed E-state index contributed by atoms with van der Waals surface area (Å²) in [5.41, 5.74) is 8.02. The molecule has 5 heteroatoms. The van der Waals surface area contributed by atoms with Crippen LogP contribution in [-0.2, 0) is 0 Å². The zero-order valence-electron chi connectivity index (χ0n) is 6.85. The summed E-state index contributed by atoms with van der Waals surface area (Å²) < 4.78 is 6.42. The second kappa shape index (κ2) is 5.66. The molecule has 0 fully saturated rings. The number of hydrogen-bond donors (Lipinski definition) is 0. The van der Waals surface area contributed by atoms with Gasteiger partial charge >= 0.3 is 0 Å². The molecule has 0 bridgehead atoms. The molecule has 0 aliphatic carbocycles. The second-order valence-electron chi connectivity index (χ2n) is 2.23. The van der Waals surface area contributed by atoms with Crippen LogP contribution in [0.5, 0.6) is 5.75 Å². The molecule has 13 heavy (non-hydrogen) atoms. The standard InChI is InChI=1S/C8H8IN3O/c9-7-3-1-2-4-8(7)13-6-5-11-12-10/h1-4H,5-6H2. The molecule has 0 aliphatic heterocycles. The minimum Gasteiger partial charge on any atom is -0.492 e. The van der Waals surface area contributed by atoms with Crippen LogP contribution in [0.1, 0.15) is 0 Å². The van der Waals surface area contributed by atoms with E-state index < -0.39 is 0 Å². The van der Waals surface area contributed by atoms with Crippen LogP contribution in [0.25, 0.3) is 10.4 Å². The molecule has 0 saturated carbocycles. The van der Waals surface area contributed by atoms with Gasteiger partial charge in [0, 0.05) is 4.91 Å². The third kappa shape index (κ3) is 3.52. The summed E-state index contributed by atoms with van der Waals surface area (Å²) in [5.74, 6) is 0.830. The highest BCUT2D eigenvalue weighted by Crippen LogP contribution is 2.19.